The zero-order valence-electron chi connectivity index (χ0n) is 24.2. The Hall–Kier alpha value is -4.43. The molecule has 0 saturated heterocycles. The summed E-state index contributed by atoms with van der Waals surface area (Å²) in [5.41, 5.74) is 4.21. The number of nitrogens with one attached hydrogen (secondary N) is 1. The molecule has 1 N–H and O–H groups in total. The lowest BCUT2D eigenvalue weighted by Gasteiger charge is -2.33. The van der Waals surface area contributed by atoms with Gasteiger partial charge >= 0.3 is 0 Å². The average molecular weight is 584 g/mol. The van der Waals surface area contributed by atoms with Crippen molar-refractivity contribution >= 4 is 27.5 Å². The van der Waals surface area contributed by atoms with Crippen LogP contribution in [0.25, 0.3) is 0 Å². The number of benzene rings is 4. The molecule has 0 aliphatic carbocycles. The molecule has 8 heteroatoms. The van der Waals surface area contributed by atoms with Crippen molar-refractivity contribution in [2.24, 2.45) is 0 Å². The van der Waals surface area contributed by atoms with E-state index in [9.17, 15) is 18.0 Å². The van der Waals surface area contributed by atoms with Crippen LogP contribution < -0.4 is 9.62 Å². The molecule has 7 nitrogen and oxygen atoms in total. The van der Waals surface area contributed by atoms with Crippen LogP contribution in [0.2, 0.25) is 0 Å². The summed E-state index contributed by atoms with van der Waals surface area (Å²) in [6.07, 6.45) is 1.07. The second-order valence-electron chi connectivity index (χ2n) is 10.2. The molecule has 4 aromatic carbocycles. The molecule has 0 fully saturated rings. The van der Waals surface area contributed by atoms with Gasteiger partial charge in [0.25, 0.3) is 10.0 Å². The normalized spacial score (nSPS) is 11.9. The molecule has 4 rings (SSSR count). The first-order valence-electron chi connectivity index (χ1n) is 14.0. The second kappa shape index (κ2) is 14.0. The van der Waals surface area contributed by atoms with Gasteiger partial charge in [0, 0.05) is 20.0 Å². The first kappa shape index (κ1) is 30.5. The standard InChI is InChI=1S/C34H37N3O4S/c1-4-27-19-21-30(22-20-27)37(42(40,41)31-13-9-6-10-14-31)25-33(38)36(24-29-17-15-26(2)16-18-29)32(34(39)35-3)23-28-11-7-5-8-12-28/h5-22,32H,4,23-25H2,1-3H3,(H,35,39)/t32-/m1/s1. The number of nitrogens with zero attached hydrogens (tertiary/aromatic N) is 2. The van der Waals surface area contributed by atoms with Gasteiger partial charge in [0.2, 0.25) is 11.8 Å². The van der Waals surface area contributed by atoms with Crippen molar-refractivity contribution in [1.82, 2.24) is 10.2 Å². The third-order valence-electron chi connectivity index (χ3n) is 7.23. The quantitative estimate of drug-likeness (QED) is 0.250. The van der Waals surface area contributed by atoms with Gasteiger partial charge in [-0.15, -0.1) is 0 Å². The number of hydrogen-bond donors (Lipinski definition) is 1. The highest BCUT2D eigenvalue weighted by atomic mass is 32.2. The van der Waals surface area contributed by atoms with Crippen LogP contribution in [0.3, 0.4) is 0 Å². The van der Waals surface area contributed by atoms with Crippen LogP contribution in [0.5, 0.6) is 0 Å². The zero-order valence-corrected chi connectivity index (χ0v) is 25.1. The summed E-state index contributed by atoms with van der Waals surface area (Å²) in [4.78, 5) is 29.2. The fraction of sp³-hybridized carbons (Fsp3) is 0.235. The van der Waals surface area contributed by atoms with Crippen molar-refractivity contribution in [3.63, 3.8) is 0 Å². The van der Waals surface area contributed by atoms with Gasteiger partial charge in [-0.05, 0) is 54.3 Å². The first-order valence-corrected chi connectivity index (χ1v) is 15.4. The first-order chi connectivity index (χ1) is 20.2. The molecule has 0 heterocycles. The molecule has 0 unspecified atom stereocenters. The molecular weight excluding hydrogens is 546 g/mol. The maximum atomic E-state index is 14.3. The fourth-order valence-corrected chi connectivity index (χ4v) is 6.19. The Bertz CT molecular complexity index is 1570. The smallest absolute Gasteiger partial charge is 0.264 e. The lowest BCUT2D eigenvalue weighted by atomic mass is 10.0. The highest BCUT2D eigenvalue weighted by molar-refractivity contribution is 7.92. The number of anilines is 1. The molecule has 4 aromatic rings. The summed E-state index contributed by atoms with van der Waals surface area (Å²) in [7, 11) is -2.57. The third-order valence-corrected chi connectivity index (χ3v) is 9.02. The van der Waals surface area contributed by atoms with E-state index in [1.165, 1.54) is 24.1 Å². The van der Waals surface area contributed by atoms with E-state index >= 15 is 0 Å². The number of aryl methyl sites for hydroxylation is 2. The molecule has 218 valence electrons. The lowest BCUT2D eigenvalue weighted by Crippen LogP contribution is -2.53. The molecule has 0 bridgehead atoms. The van der Waals surface area contributed by atoms with Gasteiger partial charge in [-0.1, -0.05) is 97.4 Å². The van der Waals surface area contributed by atoms with Gasteiger partial charge in [-0.2, -0.15) is 0 Å². The molecule has 0 spiro atoms. The van der Waals surface area contributed by atoms with Crippen molar-refractivity contribution in [3.05, 3.63) is 131 Å². The van der Waals surface area contributed by atoms with Gasteiger partial charge < -0.3 is 10.2 Å². The summed E-state index contributed by atoms with van der Waals surface area (Å²) in [5.74, 6) is -0.816. The van der Waals surface area contributed by atoms with E-state index in [1.54, 1.807) is 30.3 Å². The van der Waals surface area contributed by atoms with Crippen LogP contribution in [-0.2, 0) is 39.0 Å². The van der Waals surface area contributed by atoms with E-state index in [2.05, 4.69) is 5.32 Å². The lowest BCUT2D eigenvalue weighted by molar-refractivity contribution is -0.139. The van der Waals surface area contributed by atoms with Crippen LogP contribution in [0.4, 0.5) is 5.69 Å². The topological polar surface area (TPSA) is 86.8 Å². The maximum absolute atomic E-state index is 14.3. The Kier molecular flexibility index (Phi) is 10.1. The van der Waals surface area contributed by atoms with Crippen LogP contribution in [-0.4, -0.2) is 44.8 Å². The minimum atomic E-state index is -4.11. The summed E-state index contributed by atoms with van der Waals surface area (Å²) in [6.45, 7) is 3.66. The fourth-order valence-electron chi connectivity index (χ4n) is 4.76. The number of hydrogen-bond acceptors (Lipinski definition) is 4. The Balaban J connectivity index is 1.77. The molecular formula is C34H37N3O4S. The summed E-state index contributed by atoms with van der Waals surface area (Å²) >= 11 is 0. The molecule has 1 atom stereocenters. The van der Waals surface area contributed by atoms with Crippen LogP contribution in [0.1, 0.15) is 29.2 Å². The minimum absolute atomic E-state index is 0.0783. The van der Waals surface area contributed by atoms with Crippen molar-refractivity contribution in [2.45, 2.75) is 44.2 Å². The van der Waals surface area contributed by atoms with Crippen LogP contribution in [0, 0.1) is 6.92 Å². The van der Waals surface area contributed by atoms with E-state index in [-0.39, 0.29) is 23.8 Å². The van der Waals surface area contributed by atoms with Gasteiger partial charge in [0.05, 0.1) is 10.6 Å². The molecule has 2 amide bonds. The Morgan fingerprint density at radius 3 is 1.90 bits per heavy atom. The molecule has 42 heavy (non-hydrogen) atoms. The largest absolute Gasteiger partial charge is 0.357 e. The molecule has 0 aliphatic rings. The third kappa shape index (κ3) is 7.44. The van der Waals surface area contributed by atoms with E-state index in [4.69, 9.17) is 0 Å². The predicted octanol–water partition coefficient (Wildman–Crippen LogP) is 5.14. The predicted molar refractivity (Wildman–Crippen MR) is 167 cm³/mol. The SMILES string of the molecule is CCc1ccc(N(CC(=O)N(Cc2ccc(C)cc2)[C@H](Cc2ccccc2)C(=O)NC)S(=O)(=O)c2ccccc2)cc1. The molecule has 0 aliphatic heterocycles. The molecule has 0 radical (unpaired) electrons. The molecule has 0 aromatic heterocycles. The summed E-state index contributed by atoms with van der Waals surface area (Å²) in [6, 6.07) is 31.6. The van der Waals surface area contributed by atoms with Crippen LogP contribution >= 0.6 is 0 Å². The highest BCUT2D eigenvalue weighted by Gasteiger charge is 2.34. The highest BCUT2D eigenvalue weighted by Crippen LogP contribution is 2.25. The molecule has 0 saturated carbocycles. The minimum Gasteiger partial charge on any atom is -0.357 e. The Morgan fingerprint density at radius 1 is 0.762 bits per heavy atom. The number of carbonyl (C=O) groups is 2. The van der Waals surface area contributed by atoms with Crippen molar-refractivity contribution in [3.8, 4) is 0 Å². The van der Waals surface area contributed by atoms with Crippen molar-refractivity contribution in [1.29, 1.82) is 0 Å². The number of likely N-dealkylation sites (N-methyl/N-ethyl adjacent to an activating group) is 1. The van der Waals surface area contributed by atoms with Crippen LogP contribution in [0.15, 0.2) is 114 Å². The van der Waals surface area contributed by atoms with Gasteiger partial charge in [-0.3, -0.25) is 13.9 Å². The van der Waals surface area contributed by atoms with Gasteiger partial charge in [0.15, 0.2) is 0 Å². The summed E-state index contributed by atoms with van der Waals surface area (Å²) < 4.78 is 29.1. The Labute approximate surface area is 248 Å². The van der Waals surface area contributed by atoms with Crippen molar-refractivity contribution in [2.75, 3.05) is 17.9 Å². The second-order valence-corrected chi connectivity index (χ2v) is 12.0. The van der Waals surface area contributed by atoms with E-state index in [0.29, 0.717) is 5.69 Å². The van der Waals surface area contributed by atoms with Gasteiger partial charge in [-0.25, -0.2) is 8.42 Å². The number of sulfonamides is 1. The van der Waals surface area contributed by atoms with E-state index in [0.717, 1.165) is 33.0 Å². The Morgan fingerprint density at radius 2 is 1.33 bits per heavy atom. The van der Waals surface area contributed by atoms with Crippen molar-refractivity contribution < 1.29 is 18.0 Å². The van der Waals surface area contributed by atoms with Gasteiger partial charge in [0.1, 0.15) is 12.6 Å². The average Bonchev–Trinajstić information content (AvgIpc) is 3.03. The zero-order chi connectivity index (χ0) is 30.1. The number of amides is 2. The number of carbonyl (C=O) groups excluding carboxylic acids is 2. The maximum Gasteiger partial charge on any atom is 0.264 e. The van der Waals surface area contributed by atoms with E-state index in [1.807, 2.05) is 80.6 Å². The number of rotatable bonds is 12. The summed E-state index contributed by atoms with van der Waals surface area (Å²) in [5, 5.41) is 2.70. The monoisotopic (exact) mass is 583 g/mol. The van der Waals surface area contributed by atoms with E-state index < -0.39 is 28.5 Å².